The number of benzene rings is 1. The highest BCUT2D eigenvalue weighted by Gasteiger charge is 2.24. The number of aryl methyl sites for hydroxylation is 1. The van der Waals surface area contributed by atoms with Crippen LogP contribution in [0.5, 0.6) is 0 Å². The van der Waals surface area contributed by atoms with Gasteiger partial charge in [-0.2, -0.15) is 4.99 Å². The Morgan fingerprint density at radius 1 is 1.28 bits per heavy atom. The van der Waals surface area contributed by atoms with Crippen molar-refractivity contribution < 1.29 is 14.3 Å². The molecule has 1 atom stereocenters. The van der Waals surface area contributed by atoms with Crippen LogP contribution in [0.1, 0.15) is 26.3 Å². The molecule has 2 aromatic rings. The second-order valence-electron chi connectivity index (χ2n) is 6.64. The largest absolute Gasteiger partial charge is 0.444 e. The van der Waals surface area contributed by atoms with Crippen molar-refractivity contribution in [3.05, 3.63) is 52.3 Å². The third kappa shape index (κ3) is 6.19. The number of thiazole rings is 1. The van der Waals surface area contributed by atoms with E-state index in [2.05, 4.69) is 10.3 Å². The molecule has 6 nitrogen and oxygen atoms in total. The summed E-state index contributed by atoms with van der Waals surface area (Å²) in [5, 5.41) is 4.49. The summed E-state index contributed by atoms with van der Waals surface area (Å²) < 4.78 is 7.03. The van der Waals surface area contributed by atoms with Crippen LogP contribution in [0.2, 0.25) is 0 Å². The Hall–Kier alpha value is -2.41. The van der Waals surface area contributed by atoms with Gasteiger partial charge in [0.25, 0.3) is 5.91 Å². The summed E-state index contributed by atoms with van der Waals surface area (Å²) >= 11 is 1.36. The first-order valence-corrected chi connectivity index (χ1v) is 8.85. The highest BCUT2D eigenvalue weighted by Crippen LogP contribution is 2.09. The van der Waals surface area contributed by atoms with Crippen LogP contribution >= 0.6 is 11.3 Å². The van der Waals surface area contributed by atoms with E-state index in [4.69, 9.17) is 4.74 Å². The quantitative estimate of drug-likeness (QED) is 0.910. The number of carbonyl (C=O) groups excluding carboxylic acids is 2. The van der Waals surface area contributed by atoms with Gasteiger partial charge in [-0.15, -0.1) is 11.3 Å². The number of nitrogens with zero attached hydrogens (tertiary/aromatic N) is 2. The minimum atomic E-state index is -0.792. The average Bonchev–Trinajstić information content (AvgIpc) is 2.91. The van der Waals surface area contributed by atoms with Crippen molar-refractivity contribution in [3.8, 4) is 0 Å². The first kappa shape index (κ1) is 18.9. The van der Waals surface area contributed by atoms with E-state index in [-0.39, 0.29) is 0 Å². The van der Waals surface area contributed by atoms with Crippen LogP contribution in [0.25, 0.3) is 0 Å². The molecule has 1 N–H and O–H groups in total. The lowest BCUT2D eigenvalue weighted by atomic mass is 10.1. The van der Waals surface area contributed by atoms with Gasteiger partial charge in [-0.1, -0.05) is 30.3 Å². The normalized spacial score (nSPS) is 13.4. The zero-order chi connectivity index (χ0) is 18.4. The van der Waals surface area contributed by atoms with E-state index in [1.165, 1.54) is 11.3 Å². The molecule has 7 heteroatoms. The summed E-state index contributed by atoms with van der Waals surface area (Å²) in [5.74, 6) is -0.409. The highest BCUT2D eigenvalue weighted by molar-refractivity contribution is 7.07. The maximum absolute atomic E-state index is 12.6. The molecule has 0 aliphatic carbocycles. The Balaban J connectivity index is 2.21. The molecule has 0 bridgehead atoms. The molecule has 25 heavy (non-hydrogen) atoms. The van der Waals surface area contributed by atoms with E-state index in [1.807, 2.05) is 49.0 Å². The Labute approximate surface area is 151 Å². The van der Waals surface area contributed by atoms with Crippen LogP contribution in [-0.4, -0.2) is 28.2 Å². The topological polar surface area (TPSA) is 72.7 Å². The number of carbonyl (C=O) groups is 2. The fourth-order valence-corrected chi connectivity index (χ4v) is 2.84. The number of ether oxygens (including phenoxy) is 1. The number of alkyl carbamates (subject to hydrolysis) is 1. The predicted molar refractivity (Wildman–Crippen MR) is 97.2 cm³/mol. The lowest BCUT2D eigenvalue weighted by Crippen LogP contribution is -2.44. The van der Waals surface area contributed by atoms with Gasteiger partial charge in [0.15, 0.2) is 4.80 Å². The van der Waals surface area contributed by atoms with Crippen molar-refractivity contribution in [2.24, 2.45) is 12.0 Å². The van der Waals surface area contributed by atoms with E-state index >= 15 is 0 Å². The fraction of sp³-hybridized carbons (Fsp3) is 0.389. The summed E-state index contributed by atoms with van der Waals surface area (Å²) in [4.78, 5) is 29.4. The van der Waals surface area contributed by atoms with E-state index in [0.717, 1.165) is 5.56 Å². The van der Waals surface area contributed by atoms with E-state index < -0.39 is 23.6 Å². The van der Waals surface area contributed by atoms with Gasteiger partial charge in [0.2, 0.25) is 0 Å². The lowest BCUT2D eigenvalue weighted by molar-refractivity contribution is -0.120. The summed E-state index contributed by atoms with van der Waals surface area (Å²) in [7, 11) is 1.82. The zero-order valence-corrected chi connectivity index (χ0v) is 15.7. The molecule has 0 spiro atoms. The van der Waals surface area contributed by atoms with Crippen LogP contribution in [0.3, 0.4) is 0 Å². The van der Waals surface area contributed by atoms with Gasteiger partial charge in [-0.05, 0) is 26.3 Å². The third-order valence-electron chi connectivity index (χ3n) is 3.24. The van der Waals surface area contributed by atoms with Crippen LogP contribution < -0.4 is 10.1 Å². The highest BCUT2D eigenvalue weighted by atomic mass is 32.1. The molecule has 1 heterocycles. The molecule has 2 amide bonds. The van der Waals surface area contributed by atoms with Crippen LogP contribution in [-0.2, 0) is 23.0 Å². The Morgan fingerprint density at radius 3 is 2.52 bits per heavy atom. The van der Waals surface area contributed by atoms with Crippen molar-refractivity contribution in [2.45, 2.75) is 38.8 Å². The fourth-order valence-electron chi connectivity index (χ4n) is 2.11. The number of rotatable bonds is 4. The molecule has 0 saturated heterocycles. The Morgan fingerprint density at radius 2 is 1.96 bits per heavy atom. The van der Waals surface area contributed by atoms with Gasteiger partial charge in [-0.3, -0.25) is 4.79 Å². The molecule has 0 aliphatic heterocycles. The van der Waals surface area contributed by atoms with Gasteiger partial charge in [0.05, 0.1) is 0 Å². The second kappa shape index (κ2) is 8.11. The number of amides is 2. The third-order valence-corrected chi connectivity index (χ3v) is 4.09. The summed E-state index contributed by atoms with van der Waals surface area (Å²) in [6.07, 6.45) is 1.54. The van der Waals surface area contributed by atoms with Crippen LogP contribution in [0.15, 0.2) is 46.9 Å². The number of nitrogens with one attached hydrogen (secondary N) is 1. The van der Waals surface area contributed by atoms with E-state index in [1.54, 1.807) is 25.3 Å². The van der Waals surface area contributed by atoms with Crippen LogP contribution in [0, 0.1) is 0 Å². The molecule has 1 aromatic heterocycles. The SMILES string of the molecule is Cn1ccsc1=NC(=O)[C@H](Cc1ccccc1)NC(=O)OC(C)(C)C. The zero-order valence-electron chi connectivity index (χ0n) is 14.9. The molecular formula is C18H23N3O3S. The van der Waals surface area contributed by atoms with E-state index in [9.17, 15) is 9.59 Å². The smallest absolute Gasteiger partial charge is 0.408 e. The maximum Gasteiger partial charge on any atom is 0.408 e. The maximum atomic E-state index is 12.6. The molecule has 0 saturated carbocycles. The summed E-state index contributed by atoms with van der Waals surface area (Å²) in [5.41, 5.74) is 0.296. The second-order valence-corrected chi connectivity index (χ2v) is 7.51. The number of aromatic nitrogens is 1. The minimum Gasteiger partial charge on any atom is -0.444 e. The molecule has 0 fully saturated rings. The van der Waals surface area contributed by atoms with Gasteiger partial charge in [0, 0.05) is 25.0 Å². The molecule has 1 aromatic carbocycles. The molecular weight excluding hydrogens is 338 g/mol. The molecule has 134 valence electrons. The molecule has 2 rings (SSSR count). The summed E-state index contributed by atoms with van der Waals surface area (Å²) in [6, 6.07) is 8.70. The van der Waals surface area contributed by atoms with Gasteiger partial charge >= 0.3 is 6.09 Å². The Kier molecular flexibility index (Phi) is 6.14. The van der Waals surface area contributed by atoms with E-state index in [0.29, 0.717) is 11.2 Å². The van der Waals surface area contributed by atoms with Gasteiger partial charge in [-0.25, -0.2) is 4.79 Å². The first-order chi connectivity index (χ1) is 11.7. The average molecular weight is 361 g/mol. The van der Waals surface area contributed by atoms with Crippen LogP contribution in [0.4, 0.5) is 4.79 Å². The molecule has 0 radical (unpaired) electrons. The van der Waals surface area contributed by atoms with Crippen molar-refractivity contribution in [3.63, 3.8) is 0 Å². The standard InChI is InChI=1S/C18H23N3O3S/c1-18(2,3)24-17(23)19-14(12-13-8-6-5-7-9-13)15(22)20-16-21(4)10-11-25-16/h5-11,14H,12H2,1-4H3,(H,19,23)/t14-/m0/s1. The van der Waals surface area contributed by atoms with Crippen molar-refractivity contribution in [1.82, 2.24) is 9.88 Å². The van der Waals surface area contributed by atoms with Crippen molar-refractivity contribution >= 4 is 23.3 Å². The first-order valence-electron chi connectivity index (χ1n) is 7.97. The number of hydrogen-bond donors (Lipinski definition) is 1. The van der Waals surface area contributed by atoms with Crippen molar-refractivity contribution in [2.75, 3.05) is 0 Å². The molecule has 0 aliphatic rings. The van der Waals surface area contributed by atoms with Gasteiger partial charge < -0.3 is 14.6 Å². The lowest BCUT2D eigenvalue weighted by Gasteiger charge is -2.22. The Bertz CT molecular complexity index is 788. The predicted octanol–water partition coefficient (Wildman–Crippen LogP) is 2.65. The number of hydrogen-bond acceptors (Lipinski definition) is 4. The summed E-state index contributed by atoms with van der Waals surface area (Å²) in [6.45, 7) is 5.32. The van der Waals surface area contributed by atoms with Crippen molar-refractivity contribution in [1.29, 1.82) is 0 Å². The minimum absolute atomic E-state index is 0.345. The monoisotopic (exact) mass is 361 g/mol. The van der Waals surface area contributed by atoms with Gasteiger partial charge in [0.1, 0.15) is 11.6 Å². The molecule has 0 unspecified atom stereocenters.